The molecule has 2 aromatic rings. The highest BCUT2D eigenvalue weighted by atomic mass is 16.4. The van der Waals surface area contributed by atoms with Gasteiger partial charge in [-0.15, -0.1) is 0 Å². The van der Waals surface area contributed by atoms with Crippen molar-refractivity contribution < 1.29 is 14.7 Å². The molecule has 0 bridgehead atoms. The monoisotopic (exact) mass is 329 g/mol. The van der Waals surface area contributed by atoms with Gasteiger partial charge in [0.05, 0.1) is 23.4 Å². The number of carboxylic acids is 1. The van der Waals surface area contributed by atoms with Crippen LogP contribution in [0.2, 0.25) is 0 Å². The zero-order valence-corrected chi connectivity index (χ0v) is 14.5. The summed E-state index contributed by atoms with van der Waals surface area (Å²) in [7, 11) is 1.61. The van der Waals surface area contributed by atoms with Gasteiger partial charge < -0.3 is 10.0 Å². The molecule has 0 aliphatic heterocycles. The van der Waals surface area contributed by atoms with E-state index in [1.54, 1.807) is 17.9 Å². The standard InChI is InChI=1S/C18H23N3O3/c1-18(2,3)16-14(17(24)20(4)11-10-15(22)23)12-21(19-16)13-8-6-5-7-9-13/h5-9,12H,10-11H2,1-4H3,(H,22,23). The van der Waals surface area contributed by atoms with Gasteiger partial charge in [-0.1, -0.05) is 39.0 Å². The molecule has 1 amide bonds. The highest BCUT2D eigenvalue weighted by Gasteiger charge is 2.28. The van der Waals surface area contributed by atoms with Crippen LogP contribution in [0.3, 0.4) is 0 Å². The number of para-hydroxylation sites is 1. The zero-order valence-electron chi connectivity index (χ0n) is 14.5. The summed E-state index contributed by atoms with van der Waals surface area (Å²) in [5.41, 5.74) is 1.76. The summed E-state index contributed by atoms with van der Waals surface area (Å²) in [5, 5.41) is 13.4. The maximum absolute atomic E-state index is 12.7. The van der Waals surface area contributed by atoms with Gasteiger partial charge in [0.15, 0.2) is 0 Å². The summed E-state index contributed by atoms with van der Waals surface area (Å²) in [6.45, 7) is 6.16. The first-order valence-electron chi connectivity index (χ1n) is 7.83. The first-order valence-corrected chi connectivity index (χ1v) is 7.83. The van der Waals surface area contributed by atoms with Gasteiger partial charge in [0.1, 0.15) is 0 Å². The van der Waals surface area contributed by atoms with Gasteiger partial charge in [-0.3, -0.25) is 9.59 Å². The molecular formula is C18H23N3O3. The first kappa shape index (κ1) is 17.7. The molecule has 6 nitrogen and oxygen atoms in total. The van der Waals surface area contributed by atoms with Crippen molar-refractivity contribution in [1.29, 1.82) is 0 Å². The van der Waals surface area contributed by atoms with Crippen molar-refractivity contribution in [2.24, 2.45) is 0 Å². The Bertz CT molecular complexity index is 730. The maximum atomic E-state index is 12.7. The lowest BCUT2D eigenvalue weighted by Gasteiger charge is -2.20. The van der Waals surface area contributed by atoms with Crippen molar-refractivity contribution in [3.63, 3.8) is 0 Å². The maximum Gasteiger partial charge on any atom is 0.305 e. The van der Waals surface area contributed by atoms with E-state index in [4.69, 9.17) is 5.11 Å². The van der Waals surface area contributed by atoms with Crippen LogP contribution in [0.25, 0.3) is 5.69 Å². The summed E-state index contributed by atoms with van der Waals surface area (Å²) in [6.07, 6.45) is 1.63. The fourth-order valence-electron chi connectivity index (χ4n) is 2.37. The van der Waals surface area contributed by atoms with Crippen LogP contribution in [0.15, 0.2) is 36.5 Å². The van der Waals surface area contributed by atoms with E-state index in [2.05, 4.69) is 5.10 Å². The van der Waals surface area contributed by atoms with Gasteiger partial charge in [-0.2, -0.15) is 5.10 Å². The Balaban J connectivity index is 2.39. The predicted molar refractivity (Wildman–Crippen MR) is 91.5 cm³/mol. The Morgan fingerprint density at radius 2 is 1.83 bits per heavy atom. The average molecular weight is 329 g/mol. The Morgan fingerprint density at radius 1 is 1.21 bits per heavy atom. The van der Waals surface area contributed by atoms with Crippen LogP contribution in [-0.2, 0) is 10.2 Å². The normalized spacial score (nSPS) is 11.3. The summed E-state index contributed by atoms with van der Waals surface area (Å²) >= 11 is 0. The molecule has 128 valence electrons. The van der Waals surface area contributed by atoms with Crippen LogP contribution >= 0.6 is 0 Å². The largest absolute Gasteiger partial charge is 0.481 e. The van der Waals surface area contributed by atoms with Crippen molar-refractivity contribution in [1.82, 2.24) is 14.7 Å². The second-order valence-electron chi connectivity index (χ2n) is 6.79. The third kappa shape index (κ3) is 4.01. The smallest absolute Gasteiger partial charge is 0.305 e. The van der Waals surface area contributed by atoms with Crippen LogP contribution in [0.5, 0.6) is 0 Å². The minimum absolute atomic E-state index is 0.0834. The fraction of sp³-hybridized carbons (Fsp3) is 0.389. The number of carbonyl (C=O) groups is 2. The number of carboxylic acid groups (broad SMARTS) is 1. The Morgan fingerprint density at radius 3 is 2.38 bits per heavy atom. The fourth-order valence-corrected chi connectivity index (χ4v) is 2.37. The van der Waals surface area contributed by atoms with Crippen LogP contribution < -0.4 is 0 Å². The highest BCUT2D eigenvalue weighted by Crippen LogP contribution is 2.26. The molecule has 0 aliphatic rings. The van der Waals surface area contributed by atoms with Gasteiger partial charge >= 0.3 is 5.97 Å². The molecule has 1 N–H and O–H groups in total. The molecule has 1 aromatic carbocycles. The molecule has 0 radical (unpaired) electrons. The molecule has 6 heteroatoms. The second kappa shape index (κ2) is 6.86. The molecule has 1 aromatic heterocycles. The minimum Gasteiger partial charge on any atom is -0.481 e. The van der Waals surface area contributed by atoms with Gasteiger partial charge in [0.25, 0.3) is 5.91 Å². The highest BCUT2D eigenvalue weighted by molar-refractivity contribution is 5.95. The van der Waals surface area contributed by atoms with E-state index in [9.17, 15) is 9.59 Å². The molecule has 0 unspecified atom stereocenters. The van der Waals surface area contributed by atoms with E-state index in [1.165, 1.54) is 4.90 Å². The molecule has 0 atom stereocenters. The lowest BCUT2D eigenvalue weighted by molar-refractivity contribution is -0.137. The third-order valence-corrected chi connectivity index (χ3v) is 3.68. The Hall–Kier alpha value is -2.63. The van der Waals surface area contributed by atoms with E-state index in [-0.39, 0.29) is 24.3 Å². The number of carbonyl (C=O) groups excluding carboxylic acids is 1. The molecule has 2 rings (SSSR count). The zero-order chi connectivity index (χ0) is 17.9. The van der Waals surface area contributed by atoms with Gasteiger partial charge in [-0.25, -0.2) is 4.68 Å². The molecule has 0 fully saturated rings. The SMILES string of the molecule is CN(CCC(=O)O)C(=O)c1cn(-c2ccccc2)nc1C(C)(C)C. The van der Waals surface area contributed by atoms with Crippen LogP contribution in [0.4, 0.5) is 0 Å². The topological polar surface area (TPSA) is 75.4 Å². The van der Waals surface area contributed by atoms with Gasteiger partial charge in [0.2, 0.25) is 0 Å². The van der Waals surface area contributed by atoms with Gasteiger partial charge in [0, 0.05) is 25.2 Å². The number of aromatic nitrogens is 2. The number of aliphatic carboxylic acids is 1. The third-order valence-electron chi connectivity index (χ3n) is 3.68. The number of rotatable bonds is 5. The van der Waals surface area contributed by atoms with E-state index in [0.29, 0.717) is 11.3 Å². The summed E-state index contributed by atoms with van der Waals surface area (Å²) in [5.74, 6) is -1.14. The Kier molecular flexibility index (Phi) is 5.07. The van der Waals surface area contributed by atoms with Gasteiger partial charge in [-0.05, 0) is 12.1 Å². The summed E-state index contributed by atoms with van der Waals surface area (Å²) < 4.78 is 1.69. The lowest BCUT2D eigenvalue weighted by atomic mass is 9.89. The summed E-state index contributed by atoms with van der Waals surface area (Å²) in [4.78, 5) is 24.9. The van der Waals surface area contributed by atoms with Crippen LogP contribution in [0, 0.1) is 0 Å². The van der Waals surface area contributed by atoms with Crippen molar-refractivity contribution in [2.75, 3.05) is 13.6 Å². The van der Waals surface area contributed by atoms with E-state index in [0.717, 1.165) is 5.69 Å². The Labute approximate surface area is 141 Å². The molecule has 24 heavy (non-hydrogen) atoms. The minimum atomic E-state index is -0.925. The predicted octanol–water partition coefficient (Wildman–Crippen LogP) is 2.72. The number of nitrogens with zero attached hydrogens (tertiary/aromatic N) is 3. The van der Waals surface area contributed by atoms with Crippen LogP contribution in [0.1, 0.15) is 43.2 Å². The lowest BCUT2D eigenvalue weighted by Crippen LogP contribution is -2.30. The number of amides is 1. The van der Waals surface area contributed by atoms with Crippen molar-refractivity contribution in [2.45, 2.75) is 32.6 Å². The average Bonchev–Trinajstić information content (AvgIpc) is 2.98. The molecule has 0 aliphatic carbocycles. The summed E-state index contributed by atoms with van der Waals surface area (Å²) in [6, 6.07) is 9.58. The van der Waals surface area contributed by atoms with Crippen molar-refractivity contribution in [3.8, 4) is 5.69 Å². The van der Waals surface area contributed by atoms with E-state index in [1.807, 2.05) is 51.1 Å². The van der Waals surface area contributed by atoms with Crippen molar-refractivity contribution >= 4 is 11.9 Å². The number of hydrogen-bond donors (Lipinski definition) is 1. The second-order valence-corrected chi connectivity index (χ2v) is 6.79. The molecule has 0 spiro atoms. The quantitative estimate of drug-likeness (QED) is 0.915. The number of hydrogen-bond acceptors (Lipinski definition) is 3. The number of benzene rings is 1. The molecule has 0 saturated heterocycles. The van der Waals surface area contributed by atoms with E-state index >= 15 is 0 Å². The molecular weight excluding hydrogens is 306 g/mol. The van der Waals surface area contributed by atoms with Crippen molar-refractivity contribution in [3.05, 3.63) is 47.8 Å². The van der Waals surface area contributed by atoms with Crippen LogP contribution in [-0.4, -0.2) is 45.3 Å². The first-order chi connectivity index (χ1) is 11.2. The van der Waals surface area contributed by atoms with E-state index < -0.39 is 5.97 Å². The molecule has 0 saturated carbocycles. The molecule has 1 heterocycles.